The largest absolute Gasteiger partial charge is 0.474 e. The molecule has 0 aromatic carbocycles. The Morgan fingerprint density at radius 2 is 1.97 bits per heavy atom. The number of carbonyl (C=O) groups is 1. The Hall–Kier alpha value is -2.07. The molecule has 8 nitrogen and oxygen atoms in total. The van der Waals surface area contributed by atoms with Crippen molar-refractivity contribution in [1.82, 2.24) is 19.9 Å². The molecule has 2 N–H and O–H groups in total. The number of nitrogen functional groups attached to an aromatic ring is 1. The van der Waals surface area contributed by atoms with Crippen LogP contribution in [0.1, 0.15) is 53.9 Å². The molecule has 0 saturated carbocycles. The number of nitrogens with zero attached hydrogens (tertiary/aromatic N) is 4. The molecule has 0 radical (unpaired) electrons. The molecule has 2 heterocycles. The molecule has 0 saturated heterocycles. The van der Waals surface area contributed by atoms with Gasteiger partial charge in [-0.05, 0) is 40.4 Å². The maximum atomic E-state index is 14.5. The van der Waals surface area contributed by atoms with Crippen LogP contribution in [0.4, 0.5) is 15.0 Å². The predicted molar refractivity (Wildman–Crippen MR) is 126 cm³/mol. The Morgan fingerprint density at radius 3 is 2.56 bits per heavy atom. The van der Waals surface area contributed by atoms with Gasteiger partial charge in [0.2, 0.25) is 5.88 Å². The van der Waals surface area contributed by atoms with Crippen molar-refractivity contribution in [2.75, 3.05) is 25.1 Å². The summed E-state index contributed by atoms with van der Waals surface area (Å²) in [6, 6.07) is 0. The van der Waals surface area contributed by atoms with Crippen LogP contribution in [-0.4, -0.2) is 57.0 Å². The number of ether oxygens (including phenoxy) is 2. The average molecular weight is 488 g/mol. The van der Waals surface area contributed by atoms with E-state index < -0.39 is 11.4 Å². The minimum atomic E-state index is -0.776. The quantitative estimate of drug-likeness (QED) is 0.288. The Bertz CT molecular complexity index is 957. The fourth-order valence-electron chi connectivity index (χ4n) is 2.85. The van der Waals surface area contributed by atoms with Crippen LogP contribution in [0.2, 0.25) is 5.15 Å². The zero-order chi connectivity index (χ0) is 24.1. The second kappa shape index (κ2) is 11.2. The summed E-state index contributed by atoms with van der Waals surface area (Å²) in [6.45, 7) is 10.4. The summed E-state index contributed by atoms with van der Waals surface area (Å²) in [6.07, 6.45) is 3.32. The van der Waals surface area contributed by atoms with Crippen molar-refractivity contribution in [2.45, 2.75) is 70.7 Å². The van der Waals surface area contributed by atoms with Gasteiger partial charge in [-0.25, -0.2) is 19.2 Å². The summed E-state index contributed by atoms with van der Waals surface area (Å²) >= 11 is 7.20. The fourth-order valence-corrected chi connectivity index (χ4v) is 3.39. The molecule has 0 spiro atoms. The second-order valence-electron chi connectivity index (χ2n) is 8.38. The third-order valence-electron chi connectivity index (χ3n) is 4.45. The number of thioether (sulfide) groups is 1. The van der Waals surface area contributed by atoms with E-state index in [1.54, 1.807) is 11.2 Å². The monoisotopic (exact) mass is 487 g/mol. The van der Waals surface area contributed by atoms with Gasteiger partial charge in [-0.15, -0.1) is 0 Å². The van der Waals surface area contributed by atoms with E-state index in [0.29, 0.717) is 24.7 Å². The molecule has 32 heavy (non-hydrogen) atoms. The highest BCUT2D eigenvalue weighted by Crippen LogP contribution is 2.34. The first-order valence-corrected chi connectivity index (χ1v) is 12.1. The molecule has 0 aliphatic rings. The number of carbonyl (C=O) groups excluding carboxylic acids is 1. The first-order valence-electron chi connectivity index (χ1n) is 10.5. The van der Waals surface area contributed by atoms with Gasteiger partial charge < -0.3 is 20.1 Å². The van der Waals surface area contributed by atoms with Crippen LogP contribution in [0.25, 0.3) is 10.9 Å². The van der Waals surface area contributed by atoms with Gasteiger partial charge in [0.15, 0.2) is 16.1 Å². The molecule has 178 valence electrons. The lowest BCUT2D eigenvalue weighted by Crippen LogP contribution is -2.39. The molecule has 1 amide bonds. The average Bonchev–Trinajstić information content (AvgIpc) is 2.69. The number of fused-ring (bicyclic) bond motifs is 1. The maximum absolute atomic E-state index is 14.5. The van der Waals surface area contributed by atoms with Crippen LogP contribution in [0.15, 0.2) is 5.16 Å². The molecule has 1 unspecified atom stereocenters. The topological polar surface area (TPSA) is 103 Å². The number of amides is 1. The molecule has 0 fully saturated rings. The number of unbranched alkanes of at least 4 members (excludes halogenated alkanes) is 1. The predicted octanol–water partition coefficient (Wildman–Crippen LogP) is 5.32. The van der Waals surface area contributed by atoms with Gasteiger partial charge in [0.1, 0.15) is 22.3 Å². The molecule has 0 aliphatic carbocycles. The zero-order valence-corrected chi connectivity index (χ0v) is 20.9. The van der Waals surface area contributed by atoms with Crippen molar-refractivity contribution >= 4 is 46.2 Å². The smallest absolute Gasteiger partial charge is 0.410 e. The number of nitrogens with two attached hydrogens (primary N) is 1. The molecule has 2 aromatic heterocycles. The van der Waals surface area contributed by atoms with Crippen LogP contribution < -0.4 is 10.5 Å². The number of pyridine rings is 1. The molecule has 2 rings (SSSR count). The SMILES string of the molecule is CCCCN(CCC(C)Oc1nc(Cl)c(F)c2nc(SC)nc(N)c12)C(=O)OC(C)(C)C. The molecule has 11 heteroatoms. The number of anilines is 1. The van der Waals surface area contributed by atoms with Crippen LogP contribution in [0, 0.1) is 5.82 Å². The minimum absolute atomic E-state index is 0.0395. The van der Waals surface area contributed by atoms with Gasteiger partial charge in [-0.3, -0.25) is 0 Å². The van der Waals surface area contributed by atoms with Crippen molar-refractivity contribution < 1.29 is 18.7 Å². The summed E-state index contributed by atoms with van der Waals surface area (Å²) in [5.41, 5.74) is 5.42. The number of aromatic nitrogens is 3. The highest BCUT2D eigenvalue weighted by molar-refractivity contribution is 7.98. The summed E-state index contributed by atoms with van der Waals surface area (Å²) in [5, 5.41) is 0.133. The first kappa shape index (κ1) is 26.2. The lowest BCUT2D eigenvalue weighted by Gasteiger charge is -2.28. The molecule has 2 aromatic rings. The molecule has 0 aliphatic heterocycles. The Kier molecular flexibility index (Phi) is 9.15. The van der Waals surface area contributed by atoms with Crippen molar-refractivity contribution in [2.24, 2.45) is 0 Å². The summed E-state index contributed by atoms with van der Waals surface area (Å²) in [5.74, 6) is -0.661. The van der Waals surface area contributed by atoms with E-state index in [0.717, 1.165) is 12.8 Å². The van der Waals surface area contributed by atoms with Crippen LogP contribution in [0.5, 0.6) is 5.88 Å². The highest BCUT2D eigenvalue weighted by Gasteiger charge is 2.24. The van der Waals surface area contributed by atoms with E-state index in [1.165, 1.54) is 11.8 Å². The summed E-state index contributed by atoms with van der Waals surface area (Å²) in [4.78, 5) is 26.6. The van der Waals surface area contributed by atoms with Gasteiger partial charge in [-0.1, -0.05) is 36.7 Å². The van der Waals surface area contributed by atoms with Crippen LogP contribution in [0.3, 0.4) is 0 Å². The lowest BCUT2D eigenvalue weighted by atomic mass is 10.2. The normalized spacial score (nSPS) is 12.6. The van der Waals surface area contributed by atoms with Crippen LogP contribution in [-0.2, 0) is 4.74 Å². The standard InChI is InChI=1S/C21H31ClFN5O3S/c1-7-8-10-28(20(29)31-21(3,4)5)11-9-12(2)30-18-13-15(14(23)16(22)26-18)25-19(32-6)27-17(13)24/h12H,7-11H2,1-6H3,(H2,24,25,27). The van der Waals surface area contributed by atoms with Crippen molar-refractivity contribution in [3.63, 3.8) is 0 Å². The highest BCUT2D eigenvalue weighted by atomic mass is 35.5. The molecular formula is C21H31ClFN5O3S. The second-order valence-corrected chi connectivity index (χ2v) is 9.51. The summed E-state index contributed by atoms with van der Waals surface area (Å²) < 4.78 is 26.0. The van der Waals surface area contributed by atoms with Crippen molar-refractivity contribution in [3.05, 3.63) is 11.0 Å². The van der Waals surface area contributed by atoms with Gasteiger partial charge in [0.25, 0.3) is 0 Å². The number of rotatable bonds is 9. The lowest BCUT2D eigenvalue weighted by molar-refractivity contribution is 0.0228. The summed E-state index contributed by atoms with van der Waals surface area (Å²) in [7, 11) is 0. The number of halogens is 2. The van der Waals surface area contributed by atoms with E-state index in [9.17, 15) is 9.18 Å². The van der Waals surface area contributed by atoms with Crippen molar-refractivity contribution in [1.29, 1.82) is 0 Å². The van der Waals surface area contributed by atoms with E-state index in [1.807, 2.05) is 27.7 Å². The minimum Gasteiger partial charge on any atom is -0.474 e. The Labute approximate surface area is 197 Å². The third kappa shape index (κ3) is 6.96. The van der Waals surface area contributed by atoms with E-state index in [-0.39, 0.29) is 40.0 Å². The Morgan fingerprint density at radius 1 is 1.28 bits per heavy atom. The fraction of sp³-hybridized carbons (Fsp3) is 0.619. The van der Waals surface area contributed by atoms with Gasteiger partial charge in [0.05, 0.1) is 6.10 Å². The van der Waals surface area contributed by atoms with Gasteiger partial charge >= 0.3 is 6.09 Å². The Balaban J connectivity index is 2.20. The van der Waals surface area contributed by atoms with Crippen LogP contribution >= 0.6 is 23.4 Å². The van der Waals surface area contributed by atoms with E-state index in [2.05, 4.69) is 21.9 Å². The number of hydrogen-bond acceptors (Lipinski definition) is 8. The van der Waals surface area contributed by atoms with Gasteiger partial charge in [0, 0.05) is 19.5 Å². The van der Waals surface area contributed by atoms with Gasteiger partial charge in [-0.2, -0.15) is 4.98 Å². The molecule has 1 atom stereocenters. The third-order valence-corrected chi connectivity index (χ3v) is 5.25. The van der Waals surface area contributed by atoms with E-state index in [4.69, 9.17) is 26.8 Å². The van der Waals surface area contributed by atoms with Crippen molar-refractivity contribution in [3.8, 4) is 5.88 Å². The maximum Gasteiger partial charge on any atom is 0.410 e. The molecule has 0 bridgehead atoms. The molecular weight excluding hydrogens is 457 g/mol. The van der Waals surface area contributed by atoms with E-state index >= 15 is 0 Å². The zero-order valence-electron chi connectivity index (χ0n) is 19.4. The number of hydrogen-bond donors (Lipinski definition) is 1. The first-order chi connectivity index (χ1) is 15.0.